The molecule has 6 heteroatoms. The Labute approximate surface area is 125 Å². The van der Waals surface area contributed by atoms with Gasteiger partial charge in [0.15, 0.2) is 0 Å². The SMILES string of the molecule is CNC(=O)C1(C)CCN(C(=O)c2ccc(Br)c(F)c2)C1. The molecule has 1 unspecified atom stereocenters. The molecule has 1 aliphatic heterocycles. The van der Waals surface area contributed by atoms with Gasteiger partial charge in [-0.15, -0.1) is 0 Å². The van der Waals surface area contributed by atoms with Gasteiger partial charge in [-0.2, -0.15) is 0 Å². The Balaban J connectivity index is 2.15. The minimum absolute atomic E-state index is 0.0743. The molecule has 1 aromatic carbocycles. The number of rotatable bonds is 2. The van der Waals surface area contributed by atoms with Gasteiger partial charge in [0.1, 0.15) is 5.82 Å². The molecule has 1 aromatic rings. The topological polar surface area (TPSA) is 49.4 Å². The highest BCUT2D eigenvalue weighted by Gasteiger charge is 2.41. The Kier molecular flexibility index (Phi) is 4.13. The van der Waals surface area contributed by atoms with Crippen LogP contribution in [0.15, 0.2) is 22.7 Å². The number of amides is 2. The molecule has 0 saturated carbocycles. The molecule has 0 bridgehead atoms. The first-order chi connectivity index (χ1) is 9.37. The second kappa shape index (κ2) is 5.52. The zero-order valence-electron chi connectivity index (χ0n) is 11.4. The summed E-state index contributed by atoms with van der Waals surface area (Å²) >= 11 is 3.06. The summed E-state index contributed by atoms with van der Waals surface area (Å²) in [6.45, 7) is 2.69. The van der Waals surface area contributed by atoms with Gasteiger partial charge in [0.25, 0.3) is 5.91 Å². The lowest BCUT2D eigenvalue weighted by Gasteiger charge is -2.22. The molecule has 0 spiro atoms. The van der Waals surface area contributed by atoms with Crippen molar-refractivity contribution >= 4 is 27.7 Å². The van der Waals surface area contributed by atoms with Crippen molar-refractivity contribution in [2.45, 2.75) is 13.3 Å². The lowest BCUT2D eigenvalue weighted by atomic mass is 9.89. The maximum atomic E-state index is 13.5. The van der Waals surface area contributed by atoms with Crippen LogP contribution < -0.4 is 5.32 Å². The molecule has 1 fully saturated rings. The number of halogens is 2. The molecule has 0 aromatic heterocycles. The molecule has 2 amide bonds. The molecular formula is C14H16BrFN2O2. The quantitative estimate of drug-likeness (QED) is 0.895. The summed E-state index contributed by atoms with van der Waals surface area (Å²) in [6.07, 6.45) is 0.609. The molecule has 4 nitrogen and oxygen atoms in total. The van der Waals surface area contributed by atoms with Crippen LogP contribution in [-0.2, 0) is 4.79 Å². The molecule has 2 rings (SSSR count). The zero-order chi connectivity index (χ0) is 14.9. The Bertz CT molecular complexity index is 564. The van der Waals surface area contributed by atoms with E-state index in [1.807, 2.05) is 6.92 Å². The van der Waals surface area contributed by atoms with Crippen molar-refractivity contribution in [3.05, 3.63) is 34.1 Å². The van der Waals surface area contributed by atoms with E-state index in [2.05, 4.69) is 21.2 Å². The fraction of sp³-hybridized carbons (Fsp3) is 0.429. The first kappa shape index (κ1) is 15.0. The van der Waals surface area contributed by atoms with Crippen LogP contribution in [0.25, 0.3) is 0 Å². The average molecular weight is 343 g/mol. The number of carbonyl (C=O) groups is 2. The number of nitrogens with one attached hydrogen (secondary N) is 1. The van der Waals surface area contributed by atoms with Crippen LogP contribution in [0, 0.1) is 11.2 Å². The van der Waals surface area contributed by atoms with Crippen LogP contribution in [-0.4, -0.2) is 36.9 Å². The van der Waals surface area contributed by atoms with Crippen molar-refractivity contribution in [2.75, 3.05) is 20.1 Å². The van der Waals surface area contributed by atoms with E-state index in [1.165, 1.54) is 12.1 Å². The van der Waals surface area contributed by atoms with Gasteiger partial charge in [0.05, 0.1) is 9.89 Å². The number of hydrogen-bond acceptors (Lipinski definition) is 2. The Morgan fingerprint density at radius 1 is 1.45 bits per heavy atom. The van der Waals surface area contributed by atoms with E-state index in [0.717, 1.165) is 0 Å². The van der Waals surface area contributed by atoms with E-state index in [-0.39, 0.29) is 11.8 Å². The van der Waals surface area contributed by atoms with Crippen LogP contribution in [0.1, 0.15) is 23.7 Å². The van der Waals surface area contributed by atoms with Gasteiger partial charge >= 0.3 is 0 Å². The summed E-state index contributed by atoms with van der Waals surface area (Å²) in [7, 11) is 1.59. The lowest BCUT2D eigenvalue weighted by molar-refractivity contribution is -0.128. The van der Waals surface area contributed by atoms with Crippen LogP contribution in [0.5, 0.6) is 0 Å². The normalized spacial score (nSPS) is 21.9. The number of nitrogens with zero attached hydrogens (tertiary/aromatic N) is 1. The highest BCUT2D eigenvalue weighted by atomic mass is 79.9. The molecule has 1 heterocycles. The van der Waals surface area contributed by atoms with Gasteiger partial charge < -0.3 is 10.2 Å². The van der Waals surface area contributed by atoms with Crippen LogP contribution in [0.3, 0.4) is 0 Å². The molecule has 1 atom stereocenters. The summed E-state index contributed by atoms with van der Waals surface area (Å²) in [6, 6.07) is 4.30. The molecule has 1 aliphatic rings. The van der Waals surface area contributed by atoms with Crippen molar-refractivity contribution in [3.8, 4) is 0 Å². The van der Waals surface area contributed by atoms with Gasteiger partial charge in [-0.05, 0) is 47.5 Å². The largest absolute Gasteiger partial charge is 0.359 e. The second-order valence-corrected chi connectivity index (χ2v) is 6.10. The van der Waals surface area contributed by atoms with Gasteiger partial charge in [0, 0.05) is 25.7 Å². The molecular weight excluding hydrogens is 327 g/mol. The highest BCUT2D eigenvalue weighted by molar-refractivity contribution is 9.10. The Morgan fingerprint density at radius 3 is 2.75 bits per heavy atom. The predicted molar refractivity (Wildman–Crippen MR) is 76.8 cm³/mol. The highest BCUT2D eigenvalue weighted by Crippen LogP contribution is 2.31. The fourth-order valence-corrected chi connectivity index (χ4v) is 2.68. The molecule has 0 aliphatic carbocycles. The number of benzene rings is 1. The summed E-state index contributed by atoms with van der Waals surface area (Å²) < 4.78 is 13.8. The summed E-state index contributed by atoms with van der Waals surface area (Å²) in [5, 5.41) is 2.62. The summed E-state index contributed by atoms with van der Waals surface area (Å²) in [5.41, 5.74) is -0.273. The van der Waals surface area contributed by atoms with Gasteiger partial charge in [-0.3, -0.25) is 9.59 Å². The van der Waals surface area contributed by atoms with Crippen LogP contribution in [0.2, 0.25) is 0 Å². The van der Waals surface area contributed by atoms with Crippen molar-refractivity contribution in [1.29, 1.82) is 0 Å². The minimum Gasteiger partial charge on any atom is -0.359 e. The van der Waals surface area contributed by atoms with E-state index < -0.39 is 11.2 Å². The number of carbonyl (C=O) groups excluding carboxylic acids is 2. The molecule has 108 valence electrons. The average Bonchev–Trinajstić information content (AvgIpc) is 2.84. The standard InChI is InChI=1S/C14H16BrFN2O2/c1-14(13(20)17-2)5-6-18(8-14)12(19)9-3-4-10(15)11(16)7-9/h3-4,7H,5-6,8H2,1-2H3,(H,17,20). The van der Waals surface area contributed by atoms with Crippen molar-refractivity contribution in [3.63, 3.8) is 0 Å². The molecule has 20 heavy (non-hydrogen) atoms. The third kappa shape index (κ3) is 2.70. The zero-order valence-corrected chi connectivity index (χ0v) is 13.0. The Morgan fingerprint density at radius 2 is 2.15 bits per heavy atom. The van der Waals surface area contributed by atoms with Gasteiger partial charge in [-0.1, -0.05) is 0 Å². The summed E-state index contributed by atoms with van der Waals surface area (Å²) in [4.78, 5) is 25.7. The van der Waals surface area contributed by atoms with Gasteiger partial charge in [0.2, 0.25) is 5.91 Å². The number of hydrogen-bond donors (Lipinski definition) is 1. The molecule has 1 saturated heterocycles. The van der Waals surface area contributed by atoms with E-state index in [9.17, 15) is 14.0 Å². The molecule has 1 N–H and O–H groups in total. The first-order valence-electron chi connectivity index (χ1n) is 6.34. The van der Waals surface area contributed by atoms with Crippen molar-refractivity contribution in [1.82, 2.24) is 10.2 Å². The minimum atomic E-state index is -0.571. The number of likely N-dealkylation sites (tertiary alicyclic amines) is 1. The van der Waals surface area contributed by atoms with E-state index >= 15 is 0 Å². The maximum absolute atomic E-state index is 13.5. The first-order valence-corrected chi connectivity index (χ1v) is 7.13. The Hall–Kier alpha value is -1.43. The monoisotopic (exact) mass is 342 g/mol. The summed E-state index contributed by atoms with van der Waals surface area (Å²) in [5.74, 6) is -0.789. The van der Waals surface area contributed by atoms with Gasteiger partial charge in [-0.25, -0.2) is 4.39 Å². The van der Waals surface area contributed by atoms with E-state index in [0.29, 0.717) is 29.5 Å². The predicted octanol–water partition coefficient (Wildman–Crippen LogP) is 2.19. The smallest absolute Gasteiger partial charge is 0.253 e. The van der Waals surface area contributed by atoms with Crippen LogP contribution in [0.4, 0.5) is 4.39 Å². The van der Waals surface area contributed by atoms with Crippen molar-refractivity contribution in [2.24, 2.45) is 5.41 Å². The van der Waals surface area contributed by atoms with Crippen LogP contribution >= 0.6 is 15.9 Å². The molecule has 0 radical (unpaired) electrons. The fourth-order valence-electron chi connectivity index (χ4n) is 2.43. The third-order valence-corrected chi connectivity index (χ3v) is 4.35. The van der Waals surface area contributed by atoms with E-state index in [4.69, 9.17) is 0 Å². The maximum Gasteiger partial charge on any atom is 0.253 e. The lowest BCUT2D eigenvalue weighted by Crippen LogP contribution is -2.40. The second-order valence-electron chi connectivity index (χ2n) is 5.25. The van der Waals surface area contributed by atoms with Crippen molar-refractivity contribution < 1.29 is 14.0 Å². The third-order valence-electron chi connectivity index (χ3n) is 3.70. The van der Waals surface area contributed by atoms with E-state index in [1.54, 1.807) is 18.0 Å².